The van der Waals surface area contributed by atoms with E-state index >= 15 is 0 Å². The number of amides is 1. The number of rotatable bonds is 5. The molecular formula is C22H19F3N4O4. The quantitative estimate of drug-likeness (QED) is 0.585. The van der Waals surface area contributed by atoms with Crippen LogP contribution in [0.5, 0.6) is 11.5 Å². The number of carbonyl (C=O) groups excluding carboxylic acids is 1. The first kappa shape index (κ1) is 21.1. The molecule has 0 bridgehead atoms. The molecule has 0 unspecified atom stereocenters. The number of carbonyl (C=O) groups is 1. The van der Waals surface area contributed by atoms with Crippen LogP contribution in [0.25, 0.3) is 5.69 Å². The van der Waals surface area contributed by atoms with Gasteiger partial charge in [-0.3, -0.25) is 9.59 Å². The highest BCUT2D eigenvalue weighted by Crippen LogP contribution is 2.43. The number of ether oxygens (including phenoxy) is 2. The maximum absolute atomic E-state index is 13.8. The minimum atomic E-state index is -3.49. The summed E-state index contributed by atoms with van der Waals surface area (Å²) in [6.45, 7) is 2.57. The molecule has 8 nitrogen and oxygen atoms in total. The number of imidazole rings is 1. The average molecular weight is 460 g/mol. The highest BCUT2D eigenvalue weighted by atomic mass is 19.3. The monoisotopic (exact) mass is 460 g/mol. The minimum Gasteiger partial charge on any atom is -0.491 e. The first-order chi connectivity index (χ1) is 15.7. The number of benzene rings is 1. The van der Waals surface area contributed by atoms with Crippen LogP contribution < -0.4 is 15.0 Å². The molecule has 0 fully saturated rings. The van der Waals surface area contributed by atoms with Gasteiger partial charge in [-0.05, 0) is 31.2 Å². The van der Waals surface area contributed by atoms with E-state index in [2.05, 4.69) is 9.72 Å². The van der Waals surface area contributed by atoms with E-state index in [1.54, 1.807) is 29.2 Å². The summed E-state index contributed by atoms with van der Waals surface area (Å²) in [5.74, 6) is -1.64. The van der Waals surface area contributed by atoms with Crippen LogP contribution in [-0.4, -0.2) is 50.7 Å². The van der Waals surface area contributed by atoms with Crippen molar-refractivity contribution in [2.24, 2.45) is 0 Å². The number of nitrogens with zero attached hydrogens (tertiary/aromatic N) is 4. The number of hydrogen-bond acceptors (Lipinski definition) is 5. The van der Waals surface area contributed by atoms with Crippen molar-refractivity contribution >= 4 is 5.91 Å². The van der Waals surface area contributed by atoms with Gasteiger partial charge in [0.1, 0.15) is 23.7 Å². The van der Waals surface area contributed by atoms with Gasteiger partial charge in [0.15, 0.2) is 11.6 Å². The van der Waals surface area contributed by atoms with Crippen molar-refractivity contribution in [1.82, 2.24) is 19.0 Å². The molecule has 1 aromatic carbocycles. The van der Waals surface area contributed by atoms with Gasteiger partial charge in [-0.2, -0.15) is 8.78 Å². The highest BCUT2D eigenvalue weighted by Gasteiger charge is 2.43. The summed E-state index contributed by atoms with van der Waals surface area (Å²) >= 11 is 0. The molecule has 1 amide bonds. The fourth-order valence-corrected chi connectivity index (χ4v) is 4.07. The maximum Gasteiger partial charge on any atom is 0.402 e. The van der Waals surface area contributed by atoms with Gasteiger partial charge in [0.2, 0.25) is 0 Å². The number of pyridine rings is 1. The van der Waals surface area contributed by atoms with Crippen molar-refractivity contribution < 1.29 is 27.4 Å². The van der Waals surface area contributed by atoms with E-state index in [-0.39, 0.29) is 48.2 Å². The number of hydrogen-bond donors (Lipinski definition) is 0. The first-order valence-electron chi connectivity index (χ1n) is 10.3. The van der Waals surface area contributed by atoms with E-state index < -0.39 is 24.1 Å². The van der Waals surface area contributed by atoms with E-state index in [1.165, 1.54) is 15.5 Å². The lowest BCUT2D eigenvalue weighted by Gasteiger charge is -2.29. The fraction of sp³-hybridized carbons (Fsp3) is 0.318. The number of fused-ring (bicyclic) bond motifs is 2. The van der Waals surface area contributed by atoms with Crippen LogP contribution in [0.3, 0.4) is 0 Å². The van der Waals surface area contributed by atoms with Crippen LogP contribution in [-0.2, 0) is 13.0 Å². The molecule has 0 atom stereocenters. The second-order valence-electron chi connectivity index (χ2n) is 7.89. The summed E-state index contributed by atoms with van der Waals surface area (Å²) in [5.41, 5.74) is 1.08. The van der Waals surface area contributed by atoms with Crippen LogP contribution in [0.15, 0.2) is 41.6 Å². The minimum absolute atomic E-state index is 0.00597. The summed E-state index contributed by atoms with van der Waals surface area (Å²) in [6.07, 6.45) is -1.00. The number of aromatic nitrogens is 3. The summed E-state index contributed by atoms with van der Waals surface area (Å²) in [7, 11) is 0. The molecule has 2 aliphatic heterocycles. The third-order valence-electron chi connectivity index (χ3n) is 5.67. The van der Waals surface area contributed by atoms with Gasteiger partial charge in [-0.25, -0.2) is 9.37 Å². The molecule has 172 valence electrons. The van der Waals surface area contributed by atoms with Crippen molar-refractivity contribution in [3.8, 4) is 17.2 Å². The Labute approximate surface area is 185 Å². The Morgan fingerprint density at radius 3 is 2.76 bits per heavy atom. The van der Waals surface area contributed by atoms with E-state index in [0.29, 0.717) is 12.2 Å². The highest BCUT2D eigenvalue weighted by molar-refractivity contribution is 5.93. The Hall–Kier alpha value is -3.76. The van der Waals surface area contributed by atoms with Crippen molar-refractivity contribution in [3.63, 3.8) is 0 Å². The second-order valence-corrected chi connectivity index (χ2v) is 7.89. The molecule has 3 aromatic rings. The summed E-state index contributed by atoms with van der Waals surface area (Å²) in [6, 6.07) is 5.44. The molecule has 0 saturated heterocycles. The lowest BCUT2D eigenvalue weighted by molar-refractivity contribution is -0.160. The Kier molecular flexibility index (Phi) is 4.91. The van der Waals surface area contributed by atoms with Crippen LogP contribution in [0, 0.1) is 12.7 Å². The van der Waals surface area contributed by atoms with E-state index in [0.717, 1.165) is 11.8 Å². The zero-order valence-corrected chi connectivity index (χ0v) is 17.6. The van der Waals surface area contributed by atoms with Crippen molar-refractivity contribution in [2.45, 2.75) is 26.0 Å². The second kappa shape index (κ2) is 7.68. The predicted octanol–water partition coefficient (Wildman–Crippen LogP) is 2.54. The number of halogens is 3. The third-order valence-corrected chi connectivity index (χ3v) is 5.67. The fourth-order valence-electron chi connectivity index (χ4n) is 4.07. The molecule has 2 aromatic heterocycles. The van der Waals surface area contributed by atoms with Crippen LogP contribution in [0.4, 0.5) is 13.2 Å². The molecule has 0 N–H and O–H groups in total. The lowest BCUT2D eigenvalue weighted by Crippen LogP contribution is -2.46. The number of alkyl halides is 2. The Balaban J connectivity index is 1.29. The van der Waals surface area contributed by atoms with Crippen LogP contribution in [0.2, 0.25) is 0 Å². The molecule has 0 radical (unpaired) electrons. The zero-order valence-electron chi connectivity index (χ0n) is 17.6. The Morgan fingerprint density at radius 1 is 1.18 bits per heavy atom. The molecule has 5 rings (SSSR count). The molecule has 4 heterocycles. The normalized spacial score (nSPS) is 16.4. The summed E-state index contributed by atoms with van der Waals surface area (Å²) in [5, 5.41) is 0. The largest absolute Gasteiger partial charge is 0.491 e. The van der Waals surface area contributed by atoms with E-state index in [4.69, 9.17) is 4.74 Å². The first-order valence-corrected chi connectivity index (χ1v) is 10.3. The molecule has 0 spiro atoms. The standard InChI is InChI=1S/C22H19F3N4O4/c1-13-11-28(12-26-13)16-3-4-17-20(30)27(6-7-29(17)21(16)31)8-9-32-18-5-2-15(23)19-14(18)10-22(24,25)33-19/h2-5,11-12H,6-10H2,1H3. The summed E-state index contributed by atoms with van der Waals surface area (Å²) in [4.78, 5) is 31.4. The van der Waals surface area contributed by atoms with Gasteiger partial charge in [-0.1, -0.05) is 0 Å². The molecular weight excluding hydrogens is 441 g/mol. The zero-order chi connectivity index (χ0) is 23.3. The van der Waals surface area contributed by atoms with Gasteiger partial charge < -0.3 is 23.5 Å². The SMILES string of the molecule is Cc1cn(-c2ccc3n(c2=O)CCN(CCOc2ccc(F)c4c2CC(F)(F)O4)C3=O)cn1. The van der Waals surface area contributed by atoms with E-state index in [9.17, 15) is 22.8 Å². The topological polar surface area (TPSA) is 78.6 Å². The molecule has 0 aliphatic carbocycles. The van der Waals surface area contributed by atoms with Gasteiger partial charge >= 0.3 is 6.11 Å². The van der Waals surface area contributed by atoms with Crippen molar-refractivity contribution in [1.29, 1.82) is 0 Å². The average Bonchev–Trinajstić information content (AvgIpc) is 3.34. The van der Waals surface area contributed by atoms with Crippen molar-refractivity contribution in [3.05, 3.63) is 69.9 Å². The number of aryl methyl sites for hydroxylation is 1. The molecule has 11 heteroatoms. The van der Waals surface area contributed by atoms with Gasteiger partial charge in [-0.15, -0.1) is 0 Å². The van der Waals surface area contributed by atoms with Crippen molar-refractivity contribution in [2.75, 3.05) is 19.7 Å². The Morgan fingerprint density at radius 2 is 2.00 bits per heavy atom. The van der Waals surface area contributed by atoms with Gasteiger partial charge in [0.25, 0.3) is 11.5 Å². The van der Waals surface area contributed by atoms with Gasteiger partial charge in [0.05, 0.1) is 25.0 Å². The van der Waals surface area contributed by atoms with Gasteiger partial charge in [0, 0.05) is 24.8 Å². The Bertz CT molecular complexity index is 1320. The lowest BCUT2D eigenvalue weighted by atomic mass is 10.1. The molecule has 33 heavy (non-hydrogen) atoms. The van der Waals surface area contributed by atoms with Crippen LogP contribution in [0.1, 0.15) is 21.7 Å². The van der Waals surface area contributed by atoms with E-state index in [1.807, 2.05) is 6.92 Å². The molecule has 0 saturated carbocycles. The predicted molar refractivity (Wildman–Crippen MR) is 110 cm³/mol. The third kappa shape index (κ3) is 3.73. The van der Waals surface area contributed by atoms with Crippen LogP contribution >= 0.6 is 0 Å². The smallest absolute Gasteiger partial charge is 0.402 e. The molecule has 2 aliphatic rings. The summed E-state index contributed by atoms with van der Waals surface area (Å²) < 4.78 is 53.9. The maximum atomic E-state index is 13.8.